The highest BCUT2D eigenvalue weighted by molar-refractivity contribution is 7.98. The fourth-order valence-electron chi connectivity index (χ4n) is 1.13. The minimum atomic E-state index is 0.549. The number of thioether (sulfide) groups is 1. The van der Waals surface area contributed by atoms with Crippen LogP contribution in [0.5, 0.6) is 0 Å². The van der Waals surface area contributed by atoms with Crippen LogP contribution in [0.4, 0.5) is 5.69 Å². The number of anilines is 1. The molecule has 0 aliphatic rings. The van der Waals surface area contributed by atoms with Crippen LogP contribution in [0.3, 0.4) is 0 Å². The molecule has 1 rings (SSSR count). The Bertz CT molecular complexity index is 260. The van der Waals surface area contributed by atoms with Crippen molar-refractivity contribution in [2.75, 3.05) is 11.6 Å². The van der Waals surface area contributed by atoms with E-state index in [0.717, 1.165) is 6.42 Å². The van der Waals surface area contributed by atoms with Gasteiger partial charge in [-0.3, -0.25) is 0 Å². The van der Waals surface area contributed by atoms with Gasteiger partial charge in [-0.15, -0.1) is 11.8 Å². The van der Waals surface area contributed by atoms with Crippen molar-refractivity contribution < 1.29 is 0 Å². The van der Waals surface area contributed by atoms with Crippen molar-refractivity contribution in [1.29, 1.82) is 0 Å². The van der Waals surface area contributed by atoms with Crippen molar-refractivity contribution in [1.82, 2.24) is 0 Å². The highest BCUT2D eigenvalue weighted by atomic mass is 32.2. The first-order valence-electron chi connectivity index (χ1n) is 4.67. The fraction of sp³-hybridized carbons (Fsp3) is 0.455. The molecule has 13 heavy (non-hydrogen) atoms. The predicted octanol–water partition coefficient (Wildman–Crippen LogP) is 3.62. The molecule has 0 bridgehead atoms. The summed E-state index contributed by atoms with van der Waals surface area (Å²) in [6.07, 6.45) is 3.26. The van der Waals surface area contributed by atoms with E-state index < -0.39 is 0 Å². The molecule has 0 heterocycles. The van der Waals surface area contributed by atoms with E-state index in [1.165, 1.54) is 10.6 Å². The lowest BCUT2D eigenvalue weighted by Crippen LogP contribution is -2.13. The third-order valence-electron chi connectivity index (χ3n) is 2.12. The molecule has 72 valence electrons. The Morgan fingerprint density at radius 1 is 1.38 bits per heavy atom. The Kier molecular flexibility index (Phi) is 4.16. The van der Waals surface area contributed by atoms with Crippen LogP contribution in [0, 0.1) is 0 Å². The summed E-state index contributed by atoms with van der Waals surface area (Å²) >= 11 is 1.79. The Morgan fingerprint density at radius 3 is 2.69 bits per heavy atom. The molecule has 0 saturated carbocycles. The average molecular weight is 195 g/mol. The summed E-state index contributed by atoms with van der Waals surface area (Å²) in [7, 11) is 0. The topological polar surface area (TPSA) is 12.0 Å². The van der Waals surface area contributed by atoms with Gasteiger partial charge in [-0.05, 0) is 31.7 Å². The van der Waals surface area contributed by atoms with Gasteiger partial charge >= 0.3 is 0 Å². The molecule has 0 fully saturated rings. The third-order valence-corrected chi connectivity index (χ3v) is 2.92. The van der Waals surface area contributed by atoms with Gasteiger partial charge in [0.05, 0.1) is 0 Å². The maximum atomic E-state index is 3.49. The van der Waals surface area contributed by atoms with Crippen LogP contribution in [0.15, 0.2) is 29.2 Å². The Morgan fingerprint density at radius 2 is 2.08 bits per heavy atom. The number of rotatable bonds is 4. The first kappa shape index (κ1) is 10.5. The molecular weight excluding hydrogens is 178 g/mol. The van der Waals surface area contributed by atoms with Crippen LogP contribution in [0.25, 0.3) is 0 Å². The van der Waals surface area contributed by atoms with Gasteiger partial charge in [0.2, 0.25) is 0 Å². The number of para-hydroxylation sites is 1. The van der Waals surface area contributed by atoms with Gasteiger partial charge in [0.1, 0.15) is 0 Å². The zero-order valence-corrected chi connectivity index (χ0v) is 9.32. The molecular formula is C11H17NS. The standard InChI is InChI=1S/C11H17NS/c1-4-9(2)12-10-7-5-6-8-11(10)13-3/h5-9,12H,4H2,1-3H3. The summed E-state index contributed by atoms with van der Waals surface area (Å²) < 4.78 is 0. The van der Waals surface area contributed by atoms with Crippen molar-refractivity contribution in [2.45, 2.75) is 31.2 Å². The second-order valence-corrected chi connectivity index (χ2v) is 4.00. The zero-order chi connectivity index (χ0) is 9.68. The molecule has 0 aromatic heterocycles. The fourth-order valence-corrected chi connectivity index (χ4v) is 1.69. The Hall–Kier alpha value is -0.630. The molecule has 0 amide bonds. The SMILES string of the molecule is CCC(C)Nc1ccccc1SC. The van der Waals surface area contributed by atoms with E-state index in [1.807, 2.05) is 0 Å². The van der Waals surface area contributed by atoms with Gasteiger partial charge < -0.3 is 5.32 Å². The lowest BCUT2D eigenvalue weighted by Gasteiger charge is -2.15. The molecule has 1 N–H and O–H groups in total. The second-order valence-electron chi connectivity index (χ2n) is 3.15. The molecule has 1 nitrogen and oxygen atoms in total. The summed E-state index contributed by atoms with van der Waals surface area (Å²) in [5, 5.41) is 3.49. The minimum Gasteiger partial charge on any atom is -0.382 e. The van der Waals surface area contributed by atoms with E-state index in [4.69, 9.17) is 0 Å². The van der Waals surface area contributed by atoms with Gasteiger partial charge in [-0.2, -0.15) is 0 Å². The maximum absolute atomic E-state index is 3.49. The summed E-state index contributed by atoms with van der Waals surface area (Å²) in [6, 6.07) is 8.99. The molecule has 0 saturated heterocycles. The van der Waals surface area contributed by atoms with E-state index in [-0.39, 0.29) is 0 Å². The molecule has 0 spiro atoms. The largest absolute Gasteiger partial charge is 0.382 e. The number of hydrogen-bond acceptors (Lipinski definition) is 2. The first-order chi connectivity index (χ1) is 6.27. The van der Waals surface area contributed by atoms with E-state index >= 15 is 0 Å². The first-order valence-corrected chi connectivity index (χ1v) is 5.90. The van der Waals surface area contributed by atoms with Gasteiger partial charge in [0, 0.05) is 16.6 Å². The van der Waals surface area contributed by atoms with E-state index in [1.54, 1.807) is 11.8 Å². The zero-order valence-electron chi connectivity index (χ0n) is 8.50. The molecule has 1 atom stereocenters. The Labute approximate surface area is 84.9 Å². The summed E-state index contributed by atoms with van der Waals surface area (Å²) in [5.41, 5.74) is 1.25. The van der Waals surface area contributed by atoms with E-state index in [9.17, 15) is 0 Å². The van der Waals surface area contributed by atoms with E-state index in [0.29, 0.717) is 6.04 Å². The number of hydrogen-bond donors (Lipinski definition) is 1. The minimum absolute atomic E-state index is 0.549. The van der Waals surface area contributed by atoms with Crippen LogP contribution in [-0.2, 0) is 0 Å². The van der Waals surface area contributed by atoms with Crippen LogP contribution in [-0.4, -0.2) is 12.3 Å². The quantitative estimate of drug-likeness (QED) is 0.736. The van der Waals surface area contributed by atoms with Crippen LogP contribution >= 0.6 is 11.8 Å². The molecule has 0 aliphatic carbocycles. The number of benzene rings is 1. The highest BCUT2D eigenvalue weighted by Crippen LogP contribution is 2.25. The normalized spacial score (nSPS) is 12.5. The number of nitrogens with one attached hydrogen (secondary N) is 1. The highest BCUT2D eigenvalue weighted by Gasteiger charge is 2.02. The van der Waals surface area contributed by atoms with Crippen molar-refractivity contribution >= 4 is 17.4 Å². The lowest BCUT2D eigenvalue weighted by atomic mass is 10.2. The molecule has 1 aromatic rings. The molecule has 1 unspecified atom stereocenters. The van der Waals surface area contributed by atoms with Crippen molar-refractivity contribution in [3.05, 3.63) is 24.3 Å². The molecule has 2 heteroatoms. The molecule has 0 aliphatic heterocycles. The van der Waals surface area contributed by atoms with Crippen LogP contribution in [0.1, 0.15) is 20.3 Å². The smallest absolute Gasteiger partial charge is 0.0480 e. The summed E-state index contributed by atoms with van der Waals surface area (Å²) in [5.74, 6) is 0. The van der Waals surface area contributed by atoms with Crippen molar-refractivity contribution in [3.63, 3.8) is 0 Å². The molecule has 1 aromatic carbocycles. The monoisotopic (exact) mass is 195 g/mol. The molecule has 0 radical (unpaired) electrons. The van der Waals surface area contributed by atoms with Crippen molar-refractivity contribution in [3.8, 4) is 0 Å². The van der Waals surface area contributed by atoms with Crippen LogP contribution < -0.4 is 5.32 Å². The van der Waals surface area contributed by atoms with Gasteiger partial charge in [-0.25, -0.2) is 0 Å². The summed E-state index contributed by atoms with van der Waals surface area (Å²) in [4.78, 5) is 1.32. The van der Waals surface area contributed by atoms with Crippen molar-refractivity contribution in [2.24, 2.45) is 0 Å². The van der Waals surface area contributed by atoms with Gasteiger partial charge in [0.15, 0.2) is 0 Å². The van der Waals surface area contributed by atoms with Crippen LogP contribution in [0.2, 0.25) is 0 Å². The Balaban J connectivity index is 2.74. The maximum Gasteiger partial charge on any atom is 0.0480 e. The summed E-state index contributed by atoms with van der Waals surface area (Å²) in [6.45, 7) is 4.40. The van der Waals surface area contributed by atoms with E-state index in [2.05, 4.69) is 49.7 Å². The second kappa shape index (κ2) is 5.18. The third kappa shape index (κ3) is 2.96. The predicted molar refractivity (Wildman–Crippen MR) is 61.6 cm³/mol. The van der Waals surface area contributed by atoms with Gasteiger partial charge in [0.25, 0.3) is 0 Å². The average Bonchev–Trinajstić information content (AvgIpc) is 2.18. The lowest BCUT2D eigenvalue weighted by molar-refractivity contribution is 0.761. The van der Waals surface area contributed by atoms with Gasteiger partial charge in [-0.1, -0.05) is 19.1 Å².